The highest BCUT2D eigenvalue weighted by atomic mass is 16.2. The van der Waals surface area contributed by atoms with Crippen molar-refractivity contribution in [3.8, 4) is 0 Å². The first-order valence-electron chi connectivity index (χ1n) is 10.4. The summed E-state index contributed by atoms with van der Waals surface area (Å²) in [6, 6.07) is 20.5. The topological polar surface area (TPSA) is 48.9 Å². The summed E-state index contributed by atoms with van der Waals surface area (Å²) in [5.74, 6) is 0. The van der Waals surface area contributed by atoms with E-state index in [0.29, 0.717) is 0 Å². The third kappa shape index (κ3) is 1.68. The lowest BCUT2D eigenvalue weighted by Gasteiger charge is -2.68. The van der Waals surface area contributed by atoms with Crippen molar-refractivity contribution in [2.24, 2.45) is 17.9 Å². The van der Waals surface area contributed by atoms with Gasteiger partial charge < -0.3 is 0 Å². The van der Waals surface area contributed by atoms with Crippen molar-refractivity contribution < 1.29 is 0 Å². The molecule has 0 N–H and O–H groups in total. The Morgan fingerprint density at radius 1 is 0.667 bits per heavy atom. The zero-order chi connectivity index (χ0) is 20.8. The largest absolute Gasteiger partial charge is 0.347 e. The summed E-state index contributed by atoms with van der Waals surface area (Å²) in [5.41, 5.74) is 3.78. The number of hydrogen-bond acceptors (Lipinski definition) is 2. The van der Waals surface area contributed by atoms with Gasteiger partial charge in [0.05, 0.1) is 12.1 Å². The van der Waals surface area contributed by atoms with Crippen LogP contribution in [0.25, 0.3) is 11.1 Å². The molecule has 0 spiro atoms. The van der Waals surface area contributed by atoms with E-state index in [1.165, 1.54) is 26.8 Å². The van der Waals surface area contributed by atoms with Crippen molar-refractivity contribution in [3.05, 3.63) is 105 Å². The summed E-state index contributed by atoms with van der Waals surface area (Å²) >= 11 is 0. The minimum absolute atomic E-state index is 0.212. The van der Waals surface area contributed by atoms with Crippen LogP contribution in [0.2, 0.25) is 0 Å². The summed E-state index contributed by atoms with van der Waals surface area (Å²) in [6.07, 6.45) is 4.25. The van der Waals surface area contributed by atoms with E-state index in [1.807, 2.05) is 12.1 Å². The number of rotatable bonds is 2. The third-order valence-electron chi connectivity index (χ3n) is 7.88. The van der Waals surface area contributed by atoms with Crippen LogP contribution >= 0.6 is 0 Å². The second-order valence-corrected chi connectivity index (χ2v) is 8.97. The van der Waals surface area contributed by atoms with Crippen LogP contribution in [0.3, 0.4) is 0 Å². The maximum atomic E-state index is 13.0. The molecule has 150 valence electrons. The zero-order valence-corrected chi connectivity index (χ0v) is 17.2. The lowest BCUT2D eigenvalue weighted by Crippen LogP contribution is -2.65. The van der Waals surface area contributed by atoms with Gasteiger partial charge in [0, 0.05) is 17.9 Å². The van der Waals surface area contributed by atoms with Crippen molar-refractivity contribution in [1.82, 2.24) is 13.9 Å². The van der Waals surface area contributed by atoms with E-state index in [4.69, 9.17) is 0 Å². The van der Waals surface area contributed by atoms with Crippen LogP contribution in [0.4, 0.5) is 0 Å². The zero-order valence-electron chi connectivity index (χ0n) is 17.2. The number of aromatic nitrogens is 3. The Bertz CT molecular complexity index is 1270. The van der Waals surface area contributed by atoms with Crippen molar-refractivity contribution in [3.63, 3.8) is 0 Å². The van der Waals surface area contributed by atoms with Gasteiger partial charge in [-0.15, -0.1) is 0 Å². The van der Waals surface area contributed by atoms with Crippen molar-refractivity contribution in [2.75, 3.05) is 0 Å². The SMILES string of the molecule is Cn1c(=O)n2n(c1=O)[C@H]1C=C[C@H]2[C@]2(C)C(c3ccccc3)=C(c3ccccc3)[C@@]12C. The predicted molar refractivity (Wildman–Crippen MR) is 117 cm³/mol. The molecule has 5 nitrogen and oxygen atoms in total. The highest BCUT2D eigenvalue weighted by molar-refractivity contribution is 6.05. The van der Waals surface area contributed by atoms with Gasteiger partial charge in [-0.1, -0.05) is 86.7 Å². The van der Waals surface area contributed by atoms with Gasteiger partial charge in [-0.25, -0.2) is 23.5 Å². The molecule has 2 bridgehead atoms. The molecule has 30 heavy (non-hydrogen) atoms. The number of nitrogens with zero attached hydrogens (tertiary/aromatic N) is 3. The fourth-order valence-electron chi connectivity index (χ4n) is 6.31. The van der Waals surface area contributed by atoms with E-state index in [0.717, 1.165) is 0 Å². The summed E-state index contributed by atoms with van der Waals surface area (Å²) < 4.78 is 4.59. The normalized spacial score (nSPS) is 30.8. The maximum absolute atomic E-state index is 13.0. The van der Waals surface area contributed by atoms with Crippen LogP contribution in [0.15, 0.2) is 82.4 Å². The molecule has 3 aromatic rings. The third-order valence-corrected chi connectivity index (χ3v) is 7.88. The van der Waals surface area contributed by atoms with Crippen LogP contribution in [-0.2, 0) is 7.05 Å². The van der Waals surface area contributed by atoms with Crippen molar-refractivity contribution >= 4 is 11.1 Å². The van der Waals surface area contributed by atoms with E-state index in [-0.39, 0.29) is 34.3 Å². The molecule has 0 amide bonds. The smallest absolute Gasteiger partial charge is 0.246 e. The molecule has 0 radical (unpaired) electrons. The molecule has 2 aliphatic carbocycles. The molecule has 3 heterocycles. The van der Waals surface area contributed by atoms with Gasteiger partial charge in [0.15, 0.2) is 0 Å². The standard InChI is InChI=1S/C25H23N3O2/c1-24-18-14-15-19(28-23(30)26(3)22(29)27(18)28)25(24,2)21(17-12-8-5-9-13-17)20(24)16-10-6-4-7-11-16/h4-15,18-19H,1-3H3/t18-,19-,24+,25+/m0/s1. The Labute approximate surface area is 174 Å². The molecule has 0 unspecified atom stereocenters. The predicted octanol–water partition coefficient (Wildman–Crippen LogP) is 3.65. The molecule has 2 aliphatic heterocycles. The molecule has 1 aromatic heterocycles. The Hall–Kier alpha value is -3.34. The van der Waals surface area contributed by atoms with Gasteiger partial charge >= 0.3 is 11.4 Å². The van der Waals surface area contributed by atoms with Gasteiger partial charge in [0.25, 0.3) is 0 Å². The highest BCUT2D eigenvalue weighted by Crippen LogP contribution is 2.77. The molecule has 4 atom stereocenters. The quantitative estimate of drug-likeness (QED) is 0.620. The van der Waals surface area contributed by atoms with Gasteiger partial charge in [-0.05, 0) is 22.3 Å². The molecular weight excluding hydrogens is 374 g/mol. The monoisotopic (exact) mass is 397 g/mol. The van der Waals surface area contributed by atoms with Crippen LogP contribution in [0.5, 0.6) is 0 Å². The lowest BCUT2D eigenvalue weighted by atomic mass is 9.39. The fourth-order valence-corrected chi connectivity index (χ4v) is 6.31. The van der Waals surface area contributed by atoms with E-state index >= 15 is 0 Å². The molecular formula is C25H23N3O2. The second kappa shape index (κ2) is 5.42. The van der Waals surface area contributed by atoms with Crippen LogP contribution in [0, 0.1) is 10.8 Å². The molecule has 4 aliphatic rings. The average Bonchev–Trinajstić information content (AvgIpc) is 3.00. The molecule has 5 heteroatoms. The van der Waals surface area contributed by atoms with E-state index in [1.54, 1.807) is 16.4 Å². The van der Waals surface area contributed by atoms with Crippen LogP contribution < -0.4 is 11.4 Å². The first-order valence-corrected chi connectivity index (χ1v) is 10.4. The summed E-state index contributed by atoms with van der Waals surface area (Å²) in [6.45, 7) is 4.52. The van der Waals surface area contributed by atoms with Crippen LogP contribution in [0.1, 0.15) is 37.1 Å². The van der Waals surface area contributed by atoms with E-state index < -0.39 is 0 Å². The minimum Gasteiger partial charge on any atom is -0.246 e. The Morgan fingerprint density at radius 3 is 1.40 bits per heavy atom. The Morgan fingerprint density at radius 2 is 1.03 bits per heavy atom. The minimum atomic E-state index is -0.309. The lowest BCUT2D eigenvalue weighted by molar-refractivity contribution is -0.000469. The van der Waals surface area contributed by atoms with Gasteiger partial charge in [0.2, 0.25) is 0 Å². The summed E-state index contributed by atoms with van der Waals surface area (Å²) in [7, 11) is 1.57. The Balaban J connectivity index is 1.73. The second-order valence-electron chi connectivity index (χ2n) is 8.97. The molecule has 2 aromatic carbocycles. The van der Waals surface area contributed by atoms with Crippen molar-refractivity contribution in [1.29, 1.82) is 0 Å². The maximum Gasteiger partial charge on any atom is 0.347 e. The van der Waals surface area contributed by atoms with Crippen LogP contribution in [-0.4, -0.2) is 13.9 Å². The number of allylic oxidation sites excluding steroid dienone is 4. The van der Waals surface area contributed by atoms with Gasteiger partial charge in [-0.2, -0.15) is 0 Å². The first kappa shape index (κ1) is 17.5. The van der Waals surface area contributed by atoms with Gasteiger partial charge in [0.1, 0.15) is 0 Å². The molecule has 0 saturated carbocycles. The molecule has 0 saturated heterocycles. The van der Waals surface area contributed by atoms with Crippen molar-refractivity contribution in [2.45, 2.75) is 25.9 Å². The highest BCUT2D eigenvalue weighted by Gasteiger charge is 2.70. The molecule has 0 fully saturated rings. The average molecular weight is 397 g/mol. The number of benzene rings is 2. The van der Waals surface area contributed by atoms with Gasteiger partial charge in [-0.3, -0.25) is 0 Å². The van der Waals surface area contributed by atoms with E-state index in [2.05, 4.69) is 74.5 Å². The summed E-state index contributed by atoms with van der Waals surface area (Å²) in [4.78, 5) is 26.0. The number of hydrogen-bond donors (Lipinski definition) is 0. The molecule has 7 rings (SSSR count). The van der Waals surface area contributed by atoms with E-state index in [9.17, 15) is 9.59 Å². The Kier molecular flexibility index (Phi) is 3.16. The summed E-state index contributed by atoms with van der Waals surface area (Å²) in [5, 5.41) is 0. The fraction of sp³-hybridized carbons (Fsp3) is 0.280. The first-order chi connectivity index (χ1) is 14.4.